The molecule has 0 aromatic carbocycles. The van der Waals surface area contributed by atoms with Gasteiger partial charge in [0, 0.05) is 13.0 Å². The molecule has 0 saturated carbocycles. The highest BCUT2D eigenvalue weighted by molar-refractivity contribution is 7.90. The normalized spacial score (nSPS) is 11.9. The second-order valence-corrected chi connectivity index (χ2v) is 8.81. The molecule has 5 nitrogen and oxygen atoms in total. The molecule has 6 heteroatoms. The molecule has 3 N–H and O–H groups in total. The van der Waals surface area contributed by atoms with E-state index in [1.165, 1.54) is 51.4 Å². The first kappa shape index (κ1) is 25.1. The summed E-state index contributed by atoms with van der Waals surface area (Å²) in [5.74, 6) is -0.624. The summed E-state index contributed by atoms with van der Waals surface area (Å²) >= 11 is 0. The minimum atomic E-state index is -3.53. The molecule has 0 aliphatic heterocycles. The van der Waals surface area contributed by atoms with Crippen LogP contribution in [0.1, 0.15) is 96.8 Å². The van der Waals surface area contributed by atoms with Gasteiger partial charge in [0.05, 0.1) is 5.75 Å². The van der Waals surface area contributed by atoms with Crippen molar-refractivity contribution in [2.75, 3.05) is 12.3 Å². The highest BCUT2D eigenvalue weighted by atomic mass is 32.2. The van der Waals surface area contributed by atoms with E-state index in [-0.39, 0.29) is 18.7 Å². The van der Waals surface area contributed by atoms with Crippen molar-refractivity contribution < 1.29 is 13.2 Å². The quantitative estimate of drug-likeness (QED) is 0.268. The van der Waals surface area contributed by atoms with Gasteiger partial charge in [-0.25, -0.2) is 8.42 Å². The second-order valence-electron chi connectivity index (χ2n) is 6.97. The molecule has 0 aromatic rings. The number of carbonyl (C=O) groups is 1. The van der Waals surface area contributed by atoms with Crippen LogP contribution in [0.3, 0.4) is 0 Å². The van der Waals surface area contributed by atoms with E-state index < -0.39 is 15.9 Å². The third kappa shape index (κ3) is 17.9. The van der Waals surface area contributed by atoms with Crippen molar-refractivity contribution in [3.63, 3.8) is 0 Å². The lowest BCUT2D eigenvalue weighted by Crippen LogP contribution is -2.34. The van der Waals surface area contributed by atoms with E-state index in [4.69, 9.17) is 5.73 Å². The van der Waals surface area contributed by atoms with Crippen molar-refractivity contribution in [1.82, 2.24) is 4.72 Å². The molecular weight excluding hydrogens is 348 g/mol. The van der Waals surface area contributed by atoms with Crippen LogP contribution in [0.2, 0.25) is 0 Å². The summed E-state index contributed by atoms with van der Waals surface area (Å²) < 4.78 is 24.8. The Hall–Kier alpha value is -0.880. The summed E-state index contributed by atoms with van der Waals surface area (Å²) in [7, 11) is -3.53. The van der Waals surface area contributed by atoms with Gasteiger partial charge in [-0.1, -0.05) is 70.4 Å². The molecule has 0 rings (SSSR count). The number of nitrogens with one attached hydrogen (secondary N) is 1. The topological polar surface area (TPSA) is 89.3 Å². The molecule has 154 valence electrons. The monoisotopic (exact) mass is 388 g/mol. The van der Waals surface area contributed by atoms with Crippen molar-refractivity contribution in [3.05, 3.63) is 12.2 Å². The van der Waals surface area contributed by atoms with Crippen molar-refractivity contribution >= 4 is 15.9 Å². The minimum Gasteiger partial charge on any atom is -0.329 e. The Kier molecular flexibility index (Phi) is 16.9. The number of rotatable bonds is 18. The summed E-state index contributed by atoms with van der Waals surface area (Å²) in [5, 5.41) is 0. The molecule has 26 heavy (non-hydrogen) atoms. The van der Waals surface area contributed by atoms with Gasteiger partial charge in [-0.15, -0.1) is 0 Å². The molecule has 0 aliphatic rings. The Morgan fingerprint density at radius 1 is 0.846 bits per heavy atom. The van der Waals surface area contributed by atoms with E-state index >= 15 is 0 Å². The van der Waals surface area contributed by atoms with Crippen LogP contribution in [-0.2, 0) is 14.8 Å². The van der Waals surface area contributed by atoms with Gasteiger partial charge in [-0.05, 0) is 32.1 Å². The molecule has 0 heterocycles. The lowest BCUT2D eigenvalue weighted by atomic mass is 10.1. The number of amides is 1. The fraction of sp³-hybridized carbons (Fsp3) is 0.850. The van der Waals surface area contributed by atoms with Gasteiger partial charge in [0.15, 0.2) is 0 Å². The van der Waals surface area contributed by atoms with Crippen LogP contribution in [0, 0.1) is 0 Å². The molecular formula is C20H40N2O3S. The predicted octanol–water partition coefficient (Wildman–Crippen LogP) is 4.43. The van der Waals surface area contributed by atoms with Crippen molar-refractivity contribution in [2.45, 2.75) is 96.8 Å². The average Bonchev–Trinajstić information content (AvgIpc) is 2.57. The Balaban J connectivity index is 3.38. The average molecular weight is 389 g/mol. The maximum Gasteiger partial charge on any atom is 0.236 e. The summed E-state index contributed by atoms with van der Waals surface area (Å²) in [4.78, 5) is 11.5. The predicted molar refractivity (Wildman–Crippen MR) is 110 cm³/mol. The van der Waals surface area contributed by atoms with Crippen molar-refractivity contribution in [3.8, 4) is 0 Å². The molecule has 0 radical (unpaired) electrons. The zero-order chi connectivity index (χ0) is 19.5. The summed E-state index contributed by atoms with van der Waals surface area (Å²) in [6.45, 7) is 2.27. The van der Waals surface area contributed by atoms with Gasteiger partial charge < -0.3 is 5.73 Å². The van der Waals surface area contributed by atoms with Crippen LogP contribution in [0.5, 0.6) is 0 Å². The summed E-state index contributed by atoms with van der Waals surface area (Å²) in [6, 6.07) is 0. The number of unbranched alkanes of at least 4 members (excludes halogenated alkanes) is 11. The van der Waals surface area contributed by atoms with Crippen LogP contribution in [0.15, 0.2) is 12.2 Å². The standard InChI is InChI=1S/C20H40N2O3S/c1-2-3-4-5-6-7-8-9-10-11-12-13-14-15-16-17-20(23)22-26(24,25)19-18-21/h9-10H,2-8,11-19,21H2,1H3,(H,22,23)/b10-9-. The van der Waals surface area contributed by atoms with Gasteiger partial charge >= 0.3 is 0 Å². The Morgan fingerprint density at radius 3 is 1.88 bits per heavy atom. The van der Waals surface area contributed by atoms with Gasteiger partial charge in [0.2, 0.25) is 15.9 Å². The second kappa shape index (κ2) is 17.5. The fourth-order valence-corrected chi connectivity index (χ4v) is 3.65. The van der Waals surface area contributed by atoms with Crippen LogP contribution in [0.4, 0.5) is 0 Å². The number of nitrogens with two attached hydrogens (primary N) is 1. The van der Waals surface area contributed by atoms with E-state index in [0.29, 0.717) is 0 Å². The van der Waals surface area contributed by atoms with Crippen molar-refractivity contribution in [2.24, 2.45) is 5.73 Å². The minimum absolute atomic E-state index is 0.0238. The SMILES string of the molecule is CCCCCCCC/C=C\CCCCCCCC(=O)NS(=O)(=O)CCN. The number of hydrogen-bond acceptors (Lipinski definition) is 4. The molecule has 0 bridgehead atoms. The van der Waals surface area contributed by atoms with Gasteiger partial charge in [0.1, 0.15) is 0 Å². The largest absolute Gasteiger partial charge is 0.329 e. The fourth-order valence-electron chi connectivity index (χ4n) is 2.79. The van der Waals surface area contributed by atoms with E-state index in [0.717, 1.165) is 32.1 Å². The Morgan fingerprint density at radius 2 is 1.35 bits per heavy atom. The molecule has 0 atom stereocenters. The first-order chi connectivity index (χ1) is 12.5. The number of allylic oxidation sites excluding steroid dienone is 2. The van der Waals surface area contributed by atoms with Gasteiger partial charge in [-0.2, -0.15) is 0 Å². The van der Waals surface area contributed by atoms with Crippen LogP contribution >= 0.6 is 0 Å². The molecule has 0 aromatic heterocycles. The highest BCUT2D eigenvalue weighted by Crippen LogP contribution is 2.10. The molecule has 1 amide bonds. The summed E-state index contributed by atoms with van der Waals surface area (Å²) in [5.41, 5.74) is 5.19. The maximum absolute atomic E-state index is 11.5. The summed E-state index contributed by atoms with van der Waals surface area (Å²) in [6.07, 6.45) is 20.4. The molecule has 0 spiro atoms. The smallest absolute Gasteiger partial charge is 0.236 e. The lowest BCUT2D eigenvalue weighted by Gasteiger charge is -2.05. The van der Waals surface area contributed by atoms with Crippen LogP contribution < -0.4 is 10.5 Å². The van der Waals surface area contributed by atoms with Gasteiger partial charge in [-0.3, -0.25) is 9.52 Å². The molecule has 0 aliphatic carbocycles. The van der Waals surface area contributed by atoms with E-state index in [9.17, 15) is 13.2 Å². The molecule has 0 unspecified atom stereocenters. The van der Waals surface area contributed by atoms with E-state index in [2.05, 4.69) is 23.8 Å². The number of sulfonamides is 1. The van der Waals surface area contributed by atoms with E-state index in [1.807, 2.05) is 0 Å². The zero-order valence-corrected chi connectivity index (χ0v) is 17.5. The first-order valence-electron chi connectivity index (χ1n) is 10.4. The maximum atomic E-state index is 11.5. The van der Waals surface area contributed by atoms with E-state index in [1.54, 1.807) is 0 Å². The number of hydrogen-bond donors (Lipinski definition) is 2. The van der Waals surface area contributed by atoms with Crippen LogP contribution in [-0.4, -0.2) is 26.6 Å². The Labute approximate surface area is 161 Å². The zero-order valence-electron chi connectivity index (χ0n) is 16.7. The lowest BCUT2D eigenvalue weighted by molar-refractivity contribution is -0.119. The molecule has 0 fully saturated rings. The van der Waals surface area contributed by atoms with Gasteiger partial charge in [0.25, 0.3) is 0 Å². The third-order valence-corrected chi connectivity index (χ3v) is 5.63. The third-order valence-electron chi connectivity index (χ3n) is 4.32. The first-order valence-corrected chi connectivity index (χ1v) is 12.1. The highest BCUT2D eigenvalue weighted by Gasteiger charge is 2.12. The number of carbonyl (C=O) groups excluding carboxylic acids is 1. The molecule has 0 saturated heterocycles. The van der Waals surface area contributed by atoms with Crippen LogP contribution in [0.25, 0.3) is 0 Å². The van der Waals surface area contributed by atoms with Crippen molar-refractivity contribution in [1.29, 1.82) is 0 Å². The Bertz CT molecular complexity index is 462.